The molecular formula is C24H22F2N4O3. The number of aromatic nitrogens is 2. The van der Waals surface area contributed by atoms with Gasteiger partial charge in [-0.2, -0.15) is 0 Å². The lowest BCUT2D eigenvalue weighted by molar-refractivity contribution is -0.384. The van der Waals surface area contributed by atoms with E-state index in [1.807, 2.05) is 17.9 Å². The summed E-state index contributed by atoms with van der Waals surface area (Å²) in [6.07, 6.45) is 1.67. The highest BCUT2D eigenvalue weighted by atomic mass is 19.1. The maximum Gasteiger partial charge on any atom is 0.269 e. The van der Waals surface area contributed by atoms with Crippen LogP contribution in [0.25, 0.3) is 11.4 Å². The number of nitro benzene ring substituents is 1. The van der Waals surface area contributed by atoms with E-state index >= 15 is 0 Å². The minimum absolute atomic E-state index is 0.00732. The van der Waals surface area contributed by atoms with Gasteiger partial charge in [0.1, 0.15) is 17.5 Å². The van der Waals surface area contributed by atoms with Crippen LogP contribution in [0.5, 0.6) is 0 Å². The van der Waals surface area contributed by atoms with Crippen molar-refractivity contribution in [2.24, 2.45) is 5.92 Å². The highest BCUT2D eigenvalue weighted by molar-refractivity contribution is 5.98. The van der Waals surface area contributed by atoms with Crippen molar-refractivity contribution < 1.29 is 18.5 Å². The first-order valence-electron chi connectivity index (χ1n) is 10.7. The summed E-state index contributed by atoms with van der Waals surface area (Å²) in [5.74, 6) is -0.935. The van der Waals surface area contributed by atoms with Gasteiger partial charge >= 0.3 is 0 Å². The first kappa shape index (κ1) is 22.4. The van der Waals surface area contributed by atoms with E-state index in [2.05, 4.69) is 9.97 Å². The molecule has 0 amide bonds. The van der Waals surface area contributed by atoms with E-state index in [1.165, 1.54) is 12.1 Å². The molecule has 0 saturated carbocycles. The van der Waals surface area contributed by atoms with Crippen LogP contribution in [0.1, 0.15) is 35.8 Å². The van der Waals surface area contributed by atoms with Crippen molar-refractivity contribution in [3.63, 3.8) is 0 Å². The number of carbonyl (C=O) groups is 1. The molecule has 2 aromatic carbocycles. The van der Waals surface area contributed by atoms with Gasteiger partial charge in [-0.1, -0.05) is 6.92 Å². The molecule has 4 rings (SSSR count). The van der Waals surface area contributed by atoms with Gasteiger partial charge in [-0.05, 0) is 49.6 Å². The second-order valence-corrected chi connectivity index (χ2v) is 7.95. The van der Waals surface area contributed by atoms with Crippen molar-refractivity contribution in [1.29, 1.82) is 0 Å². The summed E-state index contributed by atoms with van der Waals surface area (Å²) in [7, 11) is 0. The first-order chi connectivity index (χ1) is 15.9. The Labute approximate surface area is 189 Å². The van der Waals surface area contributed by atoms with E-state index in [4.69, 9.17) is 0 Å². The molecule has 7 nitrogen and oxygen atoms in total. The van der Waals surface area contributed by atoms with Crippen LogP contribution in [-0.4, -0.2) is 33.8 Å². The van der Waals surface area contributed by atoms with Crippen LogP contribution in [-0.2, 0) is 6.42 Å². The SMILES string of the molecule is CCc1cc(N2CCC(C(=O)c3cc(F)ccc3F)CC2)nc(-c2ccc([N+](=O)[O-])cc2)n1. The molecule has 0 atom stereocenters. The molecule has 9 heteroatoms. The van der Waals surface area contributed by atoms with Crippen LogP contribution in [0.3, 0.4) is 0 Å². The van der Waals surface area contributed by atoms with Crippen molar-refractivity contribution in [2.45, 2.75) is 26.2 Å². The Morgan fingerprint density at radius 2 is 1.79 bits per heavy atom. The second-order valence-electron chi connectivity index (χ2n) is 7.95. The number of Topliss-reactive ketones (excluding diaryl/α,β-unsaturated/α-hetero) is 1. The lowest BCUT2D eigenvalue weighted by Gasteiger charge is -2.32. The molecule has 1 saturated heterocycles. The fourth-order valence-corrected chi connectivity index (χ4v) is 3.96. The smallest absolute Gasteiger partial charge is 0.269 e. The van der Waals surface area contributed by atoms with Gasteiger partial charge in [-0.25, -0.2) is 18.7 Å². The molecule has 0 spiro atoms. The molecule has 170 valence electrons. The number of anilines is 1. The third kappa shape index (κ3) is 4.87. The Morgan fingerprint density at radius 1 is 1.09 bits per heavy atom. The summed E-state index contributed by atoms with van der Waals surface area (Å²) >= 11 is 0. The maximum absolute atomic E-state index is 14.0. The van der Waals surface area contributed by atoms with Gasteiger partial charge in [0.25, 0.3) is 5.69 Å². The normalized spacial score (nSPS) is 14.3. The molecule has 2 heterocycles. The van der Waals surface area contributed by atoms with Crippen molar-refractivity contribution in [1.82, 2.24) is 9.97 Å². The molecule has 0 radical (unpaired) electrons. The zero-order chi connectivity index (χ0) is 23.5. The van der Waals surface area contributed by atoms with Crippen LogP contribution in [0.2, 0.25) is 0 Å². The Hall–Kier alpha value is -3.75. The fraction of sp³-hybridized carbons (Fsp3) is 0.292. The number of nitrogens with zero attached hydrogens (tertiary/aromatic N) is 4. The number of halogens is 2. The van der Waals surface area contributed by atoms with E-state index < -0.39 is 16.6 Å². The molecule has 1 aromatic heterocycles. The van der Waals surface area contributed by atoms with Gasteiger partial charge in [0, 0.05) is 48.5 Å². The quantitative estimate of drug-likeness (QED) is 0.297. The van der Waals surface area contributed by atoms with Gasteiger partial charge in [0.05, 0.1) is 10.5 Å². The van der Waals surface area contributed by atoms with Gasteiger partial charge in [0.2, 0.25) is 0 Å². The number of non-ortho nitro benzene ring substituents is 1. The van der Waals surface area contributed by atoms with E-state index in [0.29, 0.717) is 49.6 Å². The van der Waals surface area contributed by atoms with Crippen LogP contribution in [0.4, 0.5) is 20.3 Å². The number of ketones is 1. The fourth-order valence-electron chi connectivity index (χ4n) is 3.96. The third-order valence-corrected chi connectivity index (χ3v) is 5.85. The molecular weight excluding hydrogens is 430 g/mol. The van der Waals surface area contributed by atoms with Crippen LogP contribution >= 0.6 is 0 Å². The molecule has 0 unspecified atom stereocenters. The predicted octanol–water partition coefficient (Wildman–Crippen LogP) is 4.99. The second kappa shape index (κ2) is 9.40. The van der Waals surface area contributed by atoms with Crippen LogP contribution in [0.15, 0.2) is 48.5 Å². The standard InChI is InChI=1S/C24H22F2N4O3/c1-2-18-14-22(28-24(27-18)16-3-6-19(7-4-16)30(32)33)29-11-9-15(10-12-29)23(31)20-13-17(25)5-8-21(20)26/h3-8,13-15H,2,9-12H2,1H3. The number of piperidine rings is 1. The molecule has 1 fully saturated rings. The zero-order valence-corrected chi connectivity index (χ0v) is 18.0. The van der Waals surface area contributed by atoms with E-state index in [9.17, 15) is 23.7 Å². The highest BCUT2D eigenvalue weighted by Gasteiger charge is 2.28. The third-order valence-electron chi connectivity index (χ3n) is 5.85. The van der Waals surface area contributed by atoms with Crippen molar-refractivity contribution in [3.8, 4) is 11.4 Å². The van der Waals surface area contributed by atoms with Crippen LogP contribution < -0.4 is 4.90 Å². The largest absolute Gasteiger partial charge is 0.356 e. The summed E-state index contributed by atoms with van der Waals surface area (Å²) in [6.45, 7) is 3.05. The van der Waals surface area contributed by atoms with Crippen molar-refractivity contribution in [3.05, 3.63) is 81.5 Å². The van der Waals surface area contributed by atoms with E-state index in [-0.39, 0.29) is 23.0 Å². The number of aryl methyl sites for hydroxylation is 1. The van der Waals surface area contributed by atoms with E-state index in [1.54, 1.807) is 12.1 Å². The number of carbonyl (C=O) groups excluding carboxylic acids is 1. The molecule has 0 N–H and O–H groups in total. The summed E-state index contributed by atoms with van der Waals surface area (Å²) < 4.78 is 27.5. The summed E-state index contributed by atoms with van der Waals surface area (Å²) in [5.41, 5.74) is 1.29. The number of benzene rings is 2. The van der Waals surface area contributed by atoms with Crippen molar-refractivity contribution in [2.75, 3.05) is 18.0 Å². The molecule has 0 bridgehead atoms. The van der Waals surface area contributed by atoms with Gasteiger partial charge < -0.3 is 4.90 Å². The topological polar surface area (TPSA) is 89.2 Å². The van der Waals surface area contributed by atoms with Gasteiger partial charge in [-0.15, -0.1) is 0 Å². The molecule has 1 aliphatic rings. The lowest BCUT2D eigenvalue weighted by Crippen LogP contribution is -2.37. The summed E-state index contributed by atoms with van der Waals surface area (Å²) in [5, 5.41) is 10.9. The predicted molar refractivity (Wildman–Crippen MR) is 119 cm³/mol. The Bertz CT molecular complexity index is 1190. The Balaban J connectivity index is 1.52. The molecule has 3 aromatic rings. The zero-order valence-electron chi connectivity index (χ0n) is 18.0. The highest BCUT2D eigenvalue weighted by Crippen LogP contribution is 2.28. The summed E-state index contributed by atoms with van der Waals surface area (Å²) in [4.78, 5) is 34.4. The lowest BCUT2D eigenvalue weighted by atomic mass is 9.88. The van der Waals surface area contributed by atoms with Crippen LogP contribution in [0, 0.1) is 27.7 Å². The molecule has 33 heavy (non-hydrogen) atoms. The average Bonchev–Trinajstić information content (AvgIpc) is 2.85. The number of hydrogen-bond donors (Lipinski definition) is 0. The number of nitro groups is 1. The number of hydrogen-bond acceptors (Lipinski definition) is 6. The first-order valence-corrected chi connectivity index (χ1v) is 10.7. The minimum atomic E-state index is -0.708. The van der Waals surface area contributed by atoms with Gasteiger partial charge in [0.15, 0.2) is 11.6 Å². The summed E-state index contributed by atoms with van der Waals surface area (Å²) in [6, 6.07) is 10.9. The molecule has 1 aliphatic heterocycles. The average molecular weight is 452 g/mol. The Kier molecular flexibility index (Phi) is 6.39. The number of rotatable bonds is 6. The monoisotopic (exact) mass is 452 g/mol. The molecule has 0 aliphatic carbocycles. The Morgan fingerprint density at radius 3 is 2.42 bits per heavy atom. The van der Waals surface area contributed by atoms with E-state index in [0.717, 1.165) is 23.9 Å². The minimum Gasteiger partial charge on any atom is -0.356 e. The van der Waals surface area contributed by atoms with Crippen molar-refractivity contribution >= 4 is 17.3 Å². The maximum atomic E-state index is 14.0. The van der Waals surface area contributed by atoms with Gasteiger partial charge in [-0.3, -0.25) is 14.9 Å².